The zero-order chi connectivity index (χ0) is 13.1. The minimum Gasteiger partial charge on any atom is -0.467 e. The fourth-order valence-corrected chi connectivity index (χ4v) is 2.43. The molecule has 1 aliphatic rings. The summed E-state index contributed by atoms with van der Waals surface area (Å²) < 4.78 is 10.5. The molecule has 1 saturated heterocycles. The first-order valence-electron chi connectivity index (χ1n) is 5.77. The van der Waals surface area contributed by atoms with Crippen LogP contribution in [0.25, 0.3) is 0 Å². The van der Waals surface area contributed by atoms with E-state index in [1.165, 1.54) is 12.0 Å². The Morgan fingerprint density at radius 2 is 2.22 bits per heavy atom. The third kappa shape index (κ3) is 2.58. The van der Waals surface area contributed by atoms with Gasteiger partial charge in [0.2, 0.25) is 0 Å². The molecule has 1 aromatic rings. The summed E-state index contributed by atoms with van der Waals surface area (Å²) >= 11 is 3.15. The molecule has 1 atom stereocenters. The molecule has 1 amide bonds. The Hall–Kier alpha value is -1.30. The molecule has 0 aromatic carbocycles. The van der Waals surface area contributed by atoms with Gasteiger partial charge in [0.25, 0.3) is 5.91 Å². The van der Waals surface area contributed by atoms with Gasteiger partial charge >= 0.3 is 5.97 Å². The number of rotatable bonds is 2. The van der Waals surface area contributed by atoms with E-state index in [0.29, 0.717) is 17.6 Å². The number of amides is 1. The van der Waals surface area contributed by atoms with E-state index in [-0.39, 0.29) is 17.6 Å². The fourth-order valence-electron chi connectivity index (χ4n) is 2.13. The lowest BCUT2D eigenvalue weighted by Crippen LogP contribution is -2.48. The maximum absolute atomic E-state index is 12.2. The van der Waals surface area contributed by atoms with Crippen molar-refractivity contribution in [1.29, 1.82) is 0 Å². The highest BCUT2D eigenvalue weighted by Crippen LogP contribution is 2.22. The van der Waals surface area contributed by atoms with Crippen LogP contribution in [0.4, 0.5) is 0 Å². The van der Waals surface area contributed by atoms with Crippen LogP contribution in [0.3, 0.4) is 0 Å². The van der Waals surface area contributed by atoms with Gasteiger partial charge in [-0.1, -0.05) is 0 Å². The normalized spacial score (nSPS) is 19.7. The van der Waals surface area contributed by atoms with Crippen molar-refractivity contribution in [3.63, 3.8) is 0 Å². The molecule has 0 N–H and O–H groups in total. The standard InChI is InChI=1S/C12H14BrNO4/c1-17-12(16)8-4-2-3-7-14(8)11(15)9-5-6-10(13)18-9/h5-6,8H,2-4,7H2,1H3/t8-/m1/s1. The number of furan rings is 1. The Kier molecular flexibility index (Phi) is 4.06. The monoisotopic (exact) mass is 315 g/mol. The van der Waals surface area contributed by atoms with Gasteiger partial charge in [-0.15, -0.1) is 0 Å². The lowest BCUT2D eigenvalue weighted by atomic mass is 10.0. The van der Waals surface area contributed by atoms with E-state index in [1.54, 1.807) is 12.1 Å². The Bertz CT molecular complexity index is 457. The number of halogens is 1. The van der Waals surface area contributed by atoms with Crippen LogP contribution < -0.4 is 0 Å². The highest BCUT2D eigenvalue weighted by atomic mass is 79.9. The first-order valence-corrected chi connectivity index (χ1v) is 6.57. The van der Waals surface area contributed by atoms with Gasteiger partial charge in [0, 0.05) is 6.54 Å². The molecule has 6 heteroatoms. The van der Waals surface area contributed by atoms with Crippen LogP contribution in [-0.4, -0.2) is 36.5 Å². The number of likely N-dealkylation sites (tertiary alicyclic amines) is 1. The zero-order valence-corrected chi connectivity index (χ0v) is 11.6. The summed E-state index contributed by atoms with van der Waals surface area (Å²) in [6, 6.07) is 2.75. The summed E-state index contributed by atoms with van der Waals surface area (Å²) in [6.45, 7) is 0.552. The molecule has 0 bridgehead atoms. The van der Waals surface area contributed by atoms with Crippen molar-refractivity contribution < 1.29 is 18.7 Å². The quantitative estimate of drug-likeness (QED) is 0.785. The smallest absolute Gasteiger partial charge is 0.328 e. The summed E-state index contributed by atoms with van der Waals surface area (Å²) in [6.07, 6.45) is 2.45. The number of hydrogen-bond acceptors (Lipinski definition) is 4. The van der Waals surface area contributed by atoms with Crippen molar-refractivity contribution in [2.45, 2.75) is 25.3 Å². The predicted octanol–water partition coefficient (Wildman–Crippen LogP) is 2.21. The molecule has 98 valence electrons. The Morgan fingerprint density at radius 3 is 2.83 bits per heavy atom. The van der Waals surface area contributed by atoms with E-state index in [4.69, 9.17) is 9.15 Å². The molecule has 5 nitrogen and oxygen atoms in total. The Balaban J connectivity index is 2.18. The van der Waals surface area contributed by atoms with E-state index < -0.39 is 6.04 Å². The molecule has 2 heterocycles. The third-order valence-corrected chi connectivity index (χ3v) is 3.45. The Morgan fingerprint density at radius 1 is 1.44 bits per heavy atom. The van der Waals surface area contributed by atoms with Gasteiger partial charge in [0.1, 0.15) is 6.04 Å². The average molecular weight is 316 g/mol. The molecule has 0 saturated carbocycles. The van der Waals surface area contributed by atoms with Crippen LogP contribution in [0.2, 0.25) is 0 Å². The second-order valence-electron chi connectivity index (χ2n) is 4.14. The van der Waals surface area contributed by atoms with Crippen molar-refractivity contribution in [3.8, 4) is 0 Å². The number of methoxy groups -OCH3 is 1. The van der Waals surface area contributed by atoms with Crippen molar-refractivity contribution in [1.82, 2.24) is 4.90 Å². The van der Waals surface area contributed by atoms with Crippen LogP contribution >= 0.6 is 15.9 Å². The number of piperidine rings is 1. The largest absolute Gasteiger partial charge is 0.467 e. The summed E-state index contributed by atoms with van der Waals surface area (Å²) in [7, 11) is 1.34. The number of carbonyl (C=O) groups is 2. The van der Waals surface area contributed by atoms with Crippen LogP contribution in [0.15, 0.2) is 21.2 Å². The van der Waals surface area contributed by atoms with E-state index in [1.807, 2.05) is 0 Å². The molecule has 1 aliphatic heterocycles. The van der Waals surface area contributed by atoms with E-state index in [9.17, 15) is 9.59 Å². The first kappa shape index (κ1) is 13.1. The van der Waals surface area contributed by atoms with Gasteiger partial charge < -0.3 is 14.1 Å². The number of hydrogen-bond donors (Lipinski definition) is 0. The number of esters is 1. The van der Waals surface area contributed by atoms with Gasteiger partial charge in [-0.05, 0) is 47.3 Å². The van der Waals surface area contributed by atoms with Crippen molar-refractivity contribution in [3.05, 3.63) is 22.6 Å². The molecule has 1 fully saturated rings. The molecule has 1 aromatic heterocycles. The van der Waals surface area contributed by atoms with Gasteiger partial charge in [0.05, 0.1) is 7.11 Å². The first-order chi connectivity index (χ1) is 8.63. The van der Waals surface area contributed by atoms with E-state index in [2.05, 4.69) is 15.9 Å². The van der Waals surface area contributed by atoms with E-state index >= 15 is 0 Å². The molecule has 0 spiro atoms. The van der Waals surface area contributed by atoms with Gasteiger partial charge in [-0.3, -0.25) is 4.79 Å². The summed E-state index contributed by atoms with van der Waals surface area (Å²) in [5, 5.41) is 0. The molecule has 0 aliphatic carbocycles. The van der Waals surface area contributed by atoms with Crippen LogP contribution in [0.5, 0.6) is 0 Å². The molecule has 2 rings (SSSR count). The fraction of sp³-hybridized carbons (Fsp3) is 0.500. The second-order valence-corrected chi connectivity index (χ2v) is 4.92. The number of ether oxygens (including phenoxy) is 1. The summed E-state index contributed by atoms with van der Waals surface area (Å²) in [5.74, 6) is -0.401. The topological polar surface area (TPSA) is 59.8 Å². The summed E-state index contributed by atoms with van der Waals surface area (Å²) in [4.78, 5) is 25.4. The van der Waals surface area contributed by atoms with Crippen LogP contribution in [-0.2, 0) is 9.53 Å². The Labute approximate surface area is 113 Å². The highest BCUT2D eigenvalue weighted by Gasteiger charge is 2.34. The maximum atomic E-state index is 12.2. The number of carbonyl (C=O) groups excluding carboxylic acids is 2. The van der Waals surface area contributed by atoms with Gasteiger partial charge in [0.15, 0.2) is 10.4 Å². The van der Waals surface area contributed by atoms with Gasteiger partial charge in [-0.2, -0.15) is 0 Å². The van der Waals surface area contributed by atoms with Crippen molar-refractivity contribution in [2.24, 2.45) is 0 Å². The minimum absolute atomic E-state index is 0.234. The van der Waals surface area contributed by atoms with E-state index in [0.717, 1.165) is 12.8 Å². The van der Waals surface area contributed by atoms with Crippen LogP contribution in [0.1, 0.15) is 29.8 Å². The molecule has 18 heavy (non-hydrogen) atoms. The molecule has 0 radical (unpaired) electrons. The van der Waals surface area contributed by atoms with Crippen LogP contribution in [0, 0.1) is 0 Å². The lowest BCUT2D eigenvalue weighted by molar-refractivity contribution is -0.147. The SMILES string of the molecule is COC(=O)[C@H]1CCCCN1C(=O)c1ccc(Br)o1. The summed E-state index contributed by atoms with van der Waals surface area (Å²) in [5.41, 5.74) is 0. The lowest BCUT2D eigenvalue weighted by Gasteiger charge is -2.33. The average Bonchev–Trinajstić information content (AvgIpc) is 2.83. The highest BCUT2D eigenvalue weighted by molar-refractivity contribution is 9.10. The second kappa shape index (κ2) is 5.56. The molecule has 0 unspecified atom stereocenters. The number of nitrogens with zero attached hydrogens (tertiary/aromatic N) is 1. The van der Waals surface area contributed by atoms with Gasteiger partial charge in [-0.25, -0.2) is 4.79 Å². The molecular formula is C12H14BrNO4. The van der Waals surface area contributed by atoms with Crippen molar-refractivity contribution in [2.75, 3.05) is 13.7 Å². The third-order valence-electron chi connectivity index (χ3n) is 3.02. The van der Waals surface area contributed by atoms with Crippen molar-refractivity contribution >= 4 is 27.8 Å². The predicted molar refractivity (Wildman–Crippen MR) is 67.1 cm³/mol. The zero-order valence-electron chi connectivity index (χ0n) is 10.0. The maximum Gasteiger partial charge on any atom is 0.328 e. The molecular weight excluding hydrogens is 302 g/mol. The minimum atomic E-state index is -0.500.